The summed E-state index contributed by atoms with van der Waals surface area (Å²) in [5, 5.41) is 2.57. The van der Waals surface area contributed by atoms with Crippen molar-refractivity contribution in [1.29, 1.82) is 0 Å². The largest absolute Gasteiger partial charge is 0.484 e. The Balaban J connectivity index is 1.83. The fourth-order valence-corrected chi connectivity index (χ4v) is 2.01. The van der Waals surface area contributed by atoms with Gasteiger partial charge in [-0.25, -0.2) is 0 Å². The van der Waals surface area contributed by atoms with Crippen LogP contribution in [0.2, 0.25) is 0 Å². The van der Waals surface area contributed by atoms with Gasteiger partial charge in [-0.3, -0.25) is 9.59 Å². The number of halogens is 2. The molecule has 0 atom stereocenters. The molecule has 0 bridgehead atoms. The second kappa shape index (κ2) is 8.77. The zero-order valence-corrected chi connectivity index (χ0v) is 13.5. The van der Waals surface area contributed by atoms with Crippen LogP contribution in [0.3, 0.4) is 0 Å². The van der Waals surface area contributed by atoms with Crippen molar-refractivity contribution in [1.82, 2.24) is 0 Å². The van der Waals surface area contributed by atoms with Crippen LogP contribution >= 0.6 is 0 Å². The highest BCUT2D eigenvalue weighted by molar-refractivity contribution is 5.96. The summed E-state index contributed by atoms with van der Waals surface area (Å²) >= 11 is 0. The number of hydrogen-bond acceptors (Lipinski definition) is 4. The molecule has 5 nitrogen and oxygen atoms in total. The number of nitrogens with one attached hydrogen (secondary N) is 1. The van der Waals surface area contributed by atoms with E-state index in [2.05, 4.69) is 10.1 Å². The number of Topliss-reactive ketones (excluding diaryl/α,β-unsaturated/α-hetero) is 1. The van der Waals surface area contributed by atoms with Crippen LogP contribution in [0.1, 0.15) is 23.7 Å². The smallest absolute Gasteiger partial charge is 0.387 e. The highest BCUT2D eigenvalue weighted by Gasteiger charge is 2.07. The first-order chi connectivity index (χ1) is 12.0. The number of alkyl halides is 2. The van der Waals surface area contributed by atoms with Crippen LogP contribution in [0.15, 0.2) is 48.5 Å². The van der Waals surface area contributed by atoms with Crippen molar-refractivity contribution in [2.45, 2.75) is 20.0 Å². The topological polar surface area (TPSA) is 64.6 Å². The van der Waals surface area contributed by atoms with E-state index in [0.717, 1.165) is 0 Å². The molecule has 0 heterocycles. The normalized spacial score (nSPS) is 10.4. The second-order valence-corrected chi connectivity index (χ2v) is 5.04. The van der Waals surface area contributed by atoms with Crippen LogP contribution in [-0.4, -0.2) is 24.9 Å². The fourth-order valence-electron chi connectivity index (χ4n) is 2.01. The van der Waals surface area contributed by atoms with Crippen LogP contribution in [0, 0.1) is 0 Å². The van der Waals surface area contributed by atoms with Crippen LogP contribution in [0.5, 0.6) is 11.5 Å². The quantitative estimate of drug-likeness (QED) is 0.734. The molecule has 2 rings (SSSR count). The van der Waals surface area contributed by atoms with Crippen molar-refractivity contribution in [2.75, 3.05) is 11.9 Å². The zero-order valence-electron chi connectivity index (χ0n) is 13.5. The van der Waals surface area contributed by atoms with Crippen molar-refractivity contribution >= 4 is 17.4 Å². The molecule has 0 fully saturated rings. The van der Waals surface area contributed by atoms with E-state index in [1.807, 2.05) is 0 Å². The first-order valence-electron chi connectivity index (χ1n) is 7.58. The number of benzene rings is 2. The lowest BCUT2D eigenvalue weighted by Gasteiger charge is -2.09. The van der Waals surface area contributed by atoms with Crippen molar-refractivity contribution in [3.63, 3.8) is 0 Å². The predicted molar refractivity (Wildman–Crippen MR) is 88.3 cm³/mol. The van der Waals surface area contributed by atoms with Gasteiger partial charge >= 0.3 is 6.61 Å². The summed E-state index contributed by atoms with van der Waals surface area (Å²) < 4.78 is 33.7. The molecular formula is C18H17F2NO4. The first-order valence-corrected chi connectivity index (χ1v) is 7.58. The number of amides is 1. The molecule has 0 aromatic heterocycles. The standard InChI is InChI=1S/C18H17F2NO4/c1-2-16(22)12-3-7-14(8-4-12)24-11-17(23)21-13-5-9-15(10-6-13)25-18(19)20/h3-10,18H,2,11H2,1H3,(H,21,23). The summed E-state index contributed by atoms with van der Waals surface area (Å²) in [6.45, 7) is -1.34. The Labute approximate surface area is 143 Å². The van der Waals surface area contributed by atoms with E-state index in [9.17, 15) is 18.4 Å². The third-order valence-corrected chi connectivity index (χ3v) is 3.23. The fraction of sp³-hybridized carbons (Fsp3) is 0.222. The number of anilines is 1. The van der Waals surface area contributed by atoms with Gasteiger partial charge in [0.2, 0.25) is 0 Å². The Bertz CT molecular complexity index is 715. The number of carbonyl (C=O) groups is 2. The molecule has 0 aliphatic carbocycles. The zero-order chi connectivity index (χ0) is 18.2. The Kier molecular flexibility index (Phi) is 6.45. The van der Waals surface area contributed by atoms with Gasteiger partial charge in [-0.1, -0.05) is 6.92 Å². The highest BCUT2D eigenvalue weighted by Crippen LogP contribution is 2.18. The van der Waals surface area contributed by atoms with Crippen molar-refractivity contribution in [3.05, 3.63) is 54.1 Å². The van der Waals surface area contributed by atoms with Gasteiger partial charge in [-0.05, 0) is 48.5 Å². The molecule has 0 spiro atoms. The summed E-state index contributed by atoms with van der Waals surface area (Å²) in [6, 6.07) is 12.1. The van der Waals surface area contributed by atoms with E-state index in [-0.39, 0.29) is 18.1 Å². The summed E-state index contributed by atoms with van der Waals surface area (Å²) in [4.78, 5) is 23.4. The van der Waals surface area contributed by atoms with Crippen LogP contribution in [0.25, 0.3) is 0 Å². The number of carbonyl (C=O) groups excluding carboxylic acids is 2. The van der Waals surface area contributed by atoms with Crippen LogP contribution in [-0.2, 0) is 4.79 Å². The molecule has 1 N–H and O–H groups in total. The molecule has 7 heteroatoms. The monoisotopic (exact) mass is 349 g/mol. The lowest BCUT2D eigenvalue weighted by molar-refractivity contribution is -0.118. The van der Waals surface area contributed by atoms with E-state index >= 15 is 0 Å². The van der Waals surface area contributed by atoms with Crippen molar-refractivity contribution < 1.29 is 27.8 Å². The maximum absolute atomic E-state index is 12.1. The molecule has 0 aliphatic rings. The number of hydrogen-bond donors (Lipinski definition) is 1. The van der Waals surface area contributed by atoms with E-state index in [0.29, 0.717) is 23.4 Å². The van der Waals surface area contributed by atoms with Gasteiger partial charge in [0.1, 0.15) is 11.5 Å². The molecule has 2 aromatic rings. The summed E-state index contributed by atoms with van der Waals surface area (Å²) in [5.41, 5.74) is 1.02. The van der Waals surface area contributed by atoms with Gasteiger partial charge in [0, 0.05) is 17.7 Å². The minimum Gasteiger partial charge on any atom is -0.484 e. The summed E-state index contributed by atoms with van der Waals surface area (Å²) in [6.07, 6.45) is 0.420. The third kappa shape index (κ3) is 5.87. The predicted octanol–water partition coefficient (Wildman–Crippen LogP) is 3.90. The minimum absolute atomic E-state index is 0.00552. The minimum atomic E-state index is -2.90. The van der Waals surface area contributed by atoms with Crippen molar-refractivity contribution in [3.8, 4) is 11.5 Å². The van der Waals surface area contributed by atoms with Gasteiger partial charge in [-0.15, -0.1) is 0 Å². The summed E-state index contributed by atoms with van der Waals surface area (Å²) in [5.74, 6) is 0.0919. The second-order valence-electron chi connectivity index (χ2n) is 5.04. The molecule has 25 heavy (non-hydrogen) atoms. The van der Waals surface area contributed by atoms with Crippen LogP contribution < -0.4 is 14.8 Å². The van der Waals surface area contributed by atoms with E-state index in [1.165, 1.54) is 24.3 Å². The summed E-state index contributed by atoms with van der Waals surface area (Å²) in [7, 11) is 0. The maximum Gasteiger partial charge on any atom is 0.387 e. The maximum atomic E-state index is 12.1. The molecule has 132 valence electrons. The molecule has 0 aliphatic heterocycles. The van der Waals surface area contributed by atoms with Gasteiger partial charge in [0.05, 0.1) is 0 Å². The SMILES string of the molecule is CCC(=O)c1ccc(OCC(=O)Nc2ccc(OC(F)F)cc2)cc1. The number of ether oxygens (including phenoxy) is 2. The highest BCUT2D eigenvalue weighted by atomic mass is 19.3. The average Bonchev–Trinajstić information content (AvgIpc) is 2.61. The Morgan fingerprint density at radius 2 is 1.60 bits per heavy atom. The van der Waals surface area contributed by atoms with E-state index in [1.54, 1.807) is 31.2 Å². The molecule has 0 saturated heterocycles. The van der Waals surface area contributed by atoms with Gasteiger partial charge in [0.15, 0.2) is 12.4 Å². The Morgan fingerprint density at radius 1 is 1.00 bits per heavy atom. The van der Waals surface area contributed by atoms with Gasteiger partial charge < -0.3 is 14.8 Å². The first kappa shape index (κ1) is 18.4. The van der Waals surface area contributed by atoms with Gasteiger partial charge in [0.25, 0.3) is 5.91 Å². The third-order valence-electron chi connectivity index (χ3n) is 3.23. The molecule has 0 radical (unpaired) electrons. The van der Waals surface area contributed by atoms with E-state index < -0.39 is 12.5 Å². The number of ketones is 1. The molecule has 2 aromatic carbocycles. The molecular weight excluding hydrogens is 332 g/mol. The molecule has 1 amide bonds. The van der Waals surface area contributed by atoms with Crippen molar-refractivity contribution in [2.24, 2.45) is 0 Å². The van der Waals surface area contributed by atoms with Crippen LogP contribution in [0.4, 0.5) is 14.5 Å². The lowest BCUT2D eigenvalue weighted by atomic mass is 10.1. The molecule has 0 unspecified atom stereocenters. The van der Waals surface area contributed by atoms with E-state index in [4.69, 9.17) is 4.74 Å². The Morgan fingerprint density at radius 3 is 2.16 bits per heavy atom. The Hall–Kier alpha value is -2.96. The number of rotatable bonds is 8. The average molecular weight is 349 g/mol. The molecule has 0 saturated carbocycles. The van der Waals surface area contributed by atoms with Gasteiger partial charge in [-0.2, -0.15) is 8.78 Å². The lowest BCUT2D eigenvalue weighted by Crippen LogP contribution is -2.20.